The van der Waals surface area contributed by atoms with Crippen LogP contribution in [-0.4, -0.2) is 24.7 Å². The van der Waals surface area contributed by atoms with Crippen LogP contribution in [-0.2, 0) is 10.4 Å². The first kappa shape index (κ1) is 16.0. The number of aliphatic imine (C=N–C) groups is 1. The fourth-order valence-electron chi connectivity index (χ4n) is 2.63. The van der Waals surface area contributed by atoms with E-state index in [2.05, 4.69) is 4.99 Å². The Balaban J connectivity index is 2.07. The van der Waals surface area contributed by atoms with Crippen molar-refractivity contribution >= 4 is 5.96 Å². The Bertz CT molecular complexity index is 858. The Hall–Kier alpha value is -2.91. The van der Waals surface area contributed by atoms with E-state index in [1.54, 1.807) is 19.2 Å². The molecular weight excluding hydrogens is 307 g/mol. The first-order valence-electron chi connectivity index (χ1n) is 7.45. The summed E-state index contributed by atoms with van der Waals surface area (Å²) in [6.45, 7) is 2.24. The highest BCUT2D eigenvalue weighted by Gasteiger charge is 2.32. The third-order valence-electron chi connectivity index (χ3n) is 4.11. The Labute approximate surface area is 139 Å². The van der Waals surface area contributed by atoms with Crippen molar-refractivity contribution in [2.75, 3.05) is 13.7 Å². The van der Waals surface area contributed by atoms with Crippen LogP contribution in [0, 0.1) is 17.1 Å². The zero-order chi connectivity index (χ0) is 17.3. The van der Waals surface area contributed by atoms with E-state index >= 15 is 0 Å². The van der Waals surface area contributed by atoms with Crippen LogP contribution in [0.25, 0.3) is 11.1 Å². The van der Waals surface area contributed by atoms with E-state index in [9.17, 15) is 4.39 Å². The molecule has 24 heavy (non-hydrogen) atoms. The molecule has 122 valence electrons. The van der Waals surface area contributed by atoms with E-state index in [-0.39, 0.29) is 11.8 Å². The third kappa shape index (κ3) is 2.82. The highest BCUT2D eigenvalue weighted by molar-refractivity contribution is 5.78. The van der Waals surface area contributed by atoms with Crippen LogP contribution in [0.4, 0.5) is 4.39 Å². The van der Waals surface area contributed by atoms with Crippen molar-refractivity contribution in [1.82, 2.24) is 5.06 Å². The van der Waals surface area contributed by atoms with E-state index in [1.807, 2.05) is 31.2 Å². The fourth-order valence-corrected chi connectivity index (χ4v) is 2.63. The zero-order valence-corrected chi connectivity index (χ0v) is 13.5. The Morgan fingerprint density at radius 1 is 1.33 bits per heavy atom. The van der Waals surface area contributed by atoms with Crippen molar-refractivity contribution < 1.29 is 9.23 Å². The predicted molar refractivity (Wildman–Crippen MR) is 89.2 cm³/mol. The number of halogens is 1. The van der Waals surface area contributed by atoms with Gasteiger partial charge in [-0.25, -0.2) is 14.4 Å². The number of rotatable bonds is 2. The molecule has 1 atom stereocenters. The molecule has 0 bridgehead atoms. The smallest absolute Gasteiger partial charge is 0.216 e. The molecule has 6 heteroatoms. The normalized spacial score (nSPS) is 20.4. The molecule has 3 rings (SSSR count). The molecule has 5 nitrogen and oxygen atoms in total. The number of nitriles is 1. The summed E-state index contributed by atoms with van der Waals surface area (Å²) >= 11 is 0. The minimum atomic E-state index is -0.657. The minimum absolute atomic E-state index is 0.284. The van der Waals surface area contributed by atoms with Gasteiger partial charge in [0.25, 0.3) is 0 Å². The number of guanidine groups is 1. The molecule has 1 unspecified atom stereocenters. The Morgan fingerprint density at radius 3 is 2.83 bits per heavy atom. The van der Waals surface area contributed by atoms with E-state index < -0.39 is 5.54 Å². The van der Waals surface area contributed by atoms with Crippen LogP contribution in [0.15, 0.2) is 47.5 Å². The molecule has 0 aromatic heterocycles. The number of nitrogens with two attached hydrogens (primary N) is 1. The largest absolute Gasteiger partial charge is 0.368 e. The molecule has 1 aliphatic rings. The number of hydrogen-bond acceptors (Lipinski definition) is 5. The van der Waals surface area contributed by atoms with Crippen molar-refractivity contribution in [3.8, 4) is 17.2 Å². The van der Waals surface area contributed by atoms with Crippen molar-refractivity contribution in [3.05, 3.63) is 59.4 Å². The van der Waals surface area contributed by atoms with E-state index in [4.69, 9.17) is 15.8 Å². The predicted octanol–water partition coefficient (Wildman–Crippen LogP) is 2.77. The molecule has 1 heterocycles. The van der Waals surface area contributed by atoms with Crippen molar-refractivity contribution in [2.24, 2.45) is 10.7 Å². The van der Waals surface area contributed by atoms with Crippen LogP contribution in [0.2, 0.25) is 0 Å². The number of hydroxylamine groups is 2. The van der Waals surface area contributed by atoms with Gasteiger partial charge in [-0.2, -0.15) is 5.26 Å². The average molecular weight is 324 g/mol. The molecule has 0 radical (unpaired) electrons. The second kappa shape index (κ2) is 5.95. The average Bonchev–Trinajstić information content (AvgIpc) is 2.59. The number of nitrogens with zero attached hydrogens (tertiary/aromatic N) is 3. The second-order valence-electron chi connectivity index (χ2n) is 5.90. The lowest BCUT2D eigenvalue weighted by atomic mass is 9.90. The molecule has 0 spiro atoms. The van der Waals surface area contributed by atoms with Gasteiger partial charge in [0.2, 0.25) is 5.96 Å². The van der Waals surface area contributed by atoms with Gasteiger partial charge in [-0.1, -0.05) is 18.2 Å². The van der Waals surface area contributed by atoms with Gasteiger partial charge in [-0.3, -0.25) is 4.84 Å². The van der Waals surface area contributed by atoms with Gasteiger partial charge in [0, 0.05) is 12.6 Å². The van der Waals surface area contributed by atoms with Gasteiger partial charge in [-0.05, 0) is 42.3 Å². The Morgan fingerprint density at radius 2 is 2.12 bits per heavy atom. The minimum Gasteiger partial charge on any atom is -0.368 e. The molecule has 0 saturated heterocycles. The van der Waals surface area contributed by atoms with E-state index in [0.717, 1.165) is 5.56 Å². The van der Waals surface area contributed by atoms with E-state index in [0.29, 0.717) is 23.3 Å². The molecular formula is C18H17FN4O. The summed E-state index contributed by atoms with van der Waals surface area (Å²) in [5.41, 5.74) is 7.53. The summed E-state index contributed by atoms with van der Waals surface area (Å²) in [4.78, 5) is 10.0. The van der Waals surface area contributed by atoms with Gasteiger partial charge in [0.15, 0.2) is 0 Å². The van der Waals surface area contributed by atoms with Gasteiger partial charge in [0.05, 0.1) is 11.6 Å². The van der Waals surface area contributed by atoms with Crippen molar-refractivity contribution in [3.63, 3.8) is 0 Å². The zero-order valence-electron chi connectivity index (χ0n) is 13.5. The molecule has 2 N–H and O–H groups in total. The van der Waals surface area contributed by atoms with E-state index in [1.165, 1.54) is 17.2 Å². The lowest BCUT2D eigenvalue weighted by molar-refractivity contribution is -0.113. The standard InChI is InChI=1S/C18H17FN4O/c1-18(11-24-23(2)17(21)22-18)14-5-3-4-13(9-14)15-8-12(10-20)6-7-16(15)19/h3-9H,11H2,1-2H3,(H2,21,22). The topological polar surface area (TPSA) is 74.6 Å². The van der Waals surface area contributed by atoms with Crippen LogP contribution >= 0.6 is 0 Å². The first-order valence-corrected chi connectivity index (χ1v) is 7.45. The summed E-state index contributed by atoms with van der Waals surface area (Å²) < 4.78 is 14.2. The SMILES string of the molecule is CN1OCC(C)(c2cccc(-c3cc(C#N)ccc3F)c2)N=C1N. The van der Waals surface area contributed by atoms with Crippen LogP contribution in [0.3, 0.4) is 0 Å². The molecule has 0 fully saturated rings. The summed E-state index contributed by atoms with van der Waals surface area (Å²) in [5, 5.41) is 10.4. The third-order valence-corrected chi connectivity index (χ3v) is 4.11. The van der Waals surface area contributed by atoms with Crippen molar-refractivity contribution in [1.29, 1.82) is 5.26 Å². The number of benzene rings is 2. The summed E-state index contributed by atoms with van der Waals surface area (Å²) in [5.74, 6) is -0.0919. The molecule has 2 aromatic carbocycles. The molecule has 0 aliphatic carbocycles. The molecule has 0 saturated carbocycles. The van der Waals surface area contributed by atoms with Crippen LogP contribution in [0.5, 0.6) is 0 Å². The maximum absolute atomic E-state index is 14.2. The second-order valence-corrected chi connectivity index (χ2v) is 5.90. The number of hydrogen-bond donors (Lipinski definition) is 1. The molecule has 0 amide bonds. The van der Waals surface area contributed by atoms with Crippen LogP contribution < -0.4 is 5.73 Å². The monoisotopic (exact) mass is 324 g/mol. The summed E-state index contributed by atoms with van der Waals surface area (Å²) in [6, 6.07) is 13.7. The fraction of sp³-hybridized carbons (Fsp3) is 0.222. The summed E-state index contributed by atoms with van der Waals surface area (Å²) in [7, 11) is 1.69. The quantitative estimate of drug-likeness (QED) is 0.922. The van der Waals surface area contributed by atoms with Gasteiger partial charge in [0.1, 0.15) is 18.0 Å². The summed E-state index contributed by atoms with van der Waals surface area (Å²) in [6.07, 6.45) is 0. The van der Waals surface area contributed by atoms with Gasteiger partial charge >= 0.3 is 0 Å². The maximum Gasteiger partial charge on any atom is 0.216 e. The lowest BCUT2D eigenvalue weighted by Gasteiger charge is -2.34. The maximum atomic E-state index is 14.2. The lowest BCUT2D eigenvalue weighted by Crippen LogP contribution is -2.45. The molecule has 2 aromatic rings. The highest BCUT2D eigenvalue weighted by Crippen LogP contribution is 2.33. The first-order chi connectivity index (χ1) is 11.4. The van der Waals surface area contributed by atoms with Crippen molar-refractivity contribution in [2.45, 2.75) is 12.5 Å². The van der Waals surface area contributed by atoms with Gasteiger partial charge < -0.3 is 5.73 Å². The van der Waals surface area contributed by atoms with Crippen LogP contribution in [0.1, 0.15) is 18.1 Å². The molecule has 1 aliphatic heterocycles. The highest BCUT2D eigenvalue weighted by atomic mass is 19.1. The van der Waals surface area contributed by atoms with Gasteiger partial charge in [-0.15, -0.1) is 0 Å². The Kier molecular flexibility index (Phi) is 3.96.